The van der Waals surface area contributed by atoms with Crippen molar-refractivity contribution in [2.75, 3.05) is 0 Å². The van der Waals surface area contributed by atoms with E-state index in [-0.39, 0.29) is 6.61 Å². The Balaban J connectivity index is 2.65. The van der Waals surface area contributed by atoms with Gasteiger partial charge in [-0.2, -0.15) is 8.42 Å². The second kappa shape index (κ2) is 4.14. The van der Waals surface area contributed by atoms with E-state index in [4.69, 9.17) is 0 Å². The smallest absolute Gasteiger partial charge is 0.263 e. The number of hydrogen-bond acceptors (Lipinski definition) is 4. The number of pyridine rings is 1. The summed E-state index contributed by atoms with van der Waals surface area (Å²) in [6, 6.07) is 1.69. The molecule has 0 bridgehead atoms. The molecule has 1 aromatic heterocycles. The number of nitrogens with two attached hydrogens (primary N) is 1. The molecule has 0 unspecified atom stereocenters. The predicted octanol–water partition coefficient (Wildman–Crippen LogP) is 0.564. The maximum absolute atomic E-state index is 10.4. The number of halogens is 1. The molecule has 0 spiro atoms. The van der Waals surface area contributed by atoms with Gasteiger partial charge in [0.15, 0.2) is 0 Å². The van der Waals surface area contributed by atoms with E-state index >= 15 is 0 Å². The number of rotatable bonds is 3. The molecule has 0 radical (unpaired) electrons. The fourth-order valence-electron chi connectivity index (χ4n) is 0.685. The molecule has 1 aromatic rings. The monoisotopic (exact) mass is 266 g/mol. The van der Waals surface area contributed by atoms with E-state index in [0.717, 1.165) is 4.47 Å². The molecule has 0 aliphatic carbocycles. The van der Waals surface area contributed by atoms with Crippen LogP contribution in [-0.2, 0) is 21.1 Å². The Labute approximate surface area is 84.3 Å². The number of hydrogen-bond donors (Lipinski definition) is 1. The summed E-state index contributed by atoms with van der Waals surface area (Å²) in [5, 5.41) is 4.64. The zero-order chi connectivity index (χ0) is 9.90. The maximum Gasteiger partial charge on any atom is 0.333 e. The minimum atomic E-state index is -3.88. The first-order valence-electron chi connectivity index (χ1n) is 3.24. The molecule has 72 valence electrons. The molecule has 0 atom stereocenters. The molecule has 0 aromatic carbocycles. The van der Waals surface area contributed by atoms with Gasteiger partial charge in [-0.3, -0.25) is 9.17 Å². The summed E-state index contributed by atoms with van der Waals surface area (Å²) in [5.74, 6) is 0. The summed E-state index contributed by atoms with van der Waals surface area (Å²) in [6.07, 6.45) is 3.08. The Kier molecular flexibility index (Phi) is 3.37. The van der Waals surface area contributed by atoms with Gasteiger partial charge in [0.2, 0.25) is 0 Å². The third-order valence-corrected chi connectivity index (χ3v) is 2.03. The lowest BCUT2D eigenvalue weighted by molar-refractivity contribution is 0.308. The van der Waals surface area contributed by atoms with Crippen LogP contribution in [0.15, 0.2) is 22.9 Å². The molecule has 0 amide bonds. The highest BCUT2D eigenvalue weighted by Gasteiger charge is 2.03. The molecular formula is C6H7BrN2O3S. The van der Waals surface area contributed by atoms with Crippen LogP contribution in [0, 0.1) is 0 Å². The zero-order valence-corrected chi connectivity index (χ0v) is 8.88. The summed E-state index contributed by atoms with van der Waals surface area (Å²) in [6.45, 7) is -0.106. The van der Waals surface area contributed by atoms with Crippen LogP contribution in [0.3, 0.4) is 0 Å². The Morgan fingerprint density at radius 3 is 2.77 bits per heavy atom. The van der Waals surface area contributed by atoms with Gasteiger partial charge < -0.3 is 0 Å². The SMILES string of the molecule is NS(=O)(=O)OCc1cncc(Br)c1. The first-order chi connectivity index (χ1) is 5.97. The number of nitrogens with zero attached hydrogens (tertiary/aromatic N) is 1. The molecule has 2 N–H and O–H groups in total. The van der Waals surface area contributed by atoms with Crippen molar-refractivity contribution in [2.45, 2.75) is 6.61 Å². The van der Waals surface area contributed by atoms with Crippen molar-refractivity contribution in [2.24, 2.45) is 5.14 Å². The van der Waals surface area contributed by atoms with Crippen molar-refractivity contribution in [1.82, 2.24) is 4.98 Å². The van der Waals surface area contributed by atoms with E-state index in [1.54, 1.807) is 12.3 Å². The van der Waals surface area contributed by atoms with E-state index in [1.165, 1.54) is 6.20 Å². The van der Waals surface area contributed by atoms with Gasteiger partial charge in [0.05, 0.1) is 6.61 Å². The average Bonchev–Trinajstić information content (AvgIpc) is 2.00. The Morgan fingerprint density at radius 2 is 2.23 bits per heavy atom. The van der Waals surface area contributed by atoms with Crippen LogP contribution in [0.1, 0.15) is 5.56 Å². The van der Waals surface area contributed by atoms with E-state index in [9.17, 15) is 8.42 Å². The van der Waals surface area contributed by atoms with Crippen molar-refractivity contribution < 1.29 is 12.6 Å². The lowest BCUT2D eigenvalue weighted by Gasteiger charge is -2.00. The van der Waals surface area contributed by atoms with E-state index in [1.807, 2.05) is 0 Å². The van der Waals surface area contributed by atoms with Crippen molar-refractivity contribution >= 4 is 26.2 Å². The largest absolute Gasteiger partial charge is 0.333 e. The van der Waals surface area contributed by atoms with Crippen molar-refractivity contribution in [3.8, 4) is 0 Å². The molecule has 7 heteroatoms. The molecule has 5 nitrogen and oxygen atoms in total. The van der Waals surface area contributed by atoms with Gasteiger partial charge in [0.1, 0.15) is 0 Å². The van der Waals surface area contributed by atoms with Gasteiger partial charge in [-0.15, -0.1) is 0 Å². The normalized spacial score (nSPS) is 11.5. The standard InChI is InChI=1S/C6H7BrN2O3S/c7-6-1-5(2-9-3-6)4-12-13(8,10)11/h1-3H,4H2,(H2,8,10,11). The van der Waals surface area contributed by atoms with Crippen LogP contribution in [0.2, 0.25) is 0 Å². The van der Waals surface area contributed by atoms with Crippen LogP contribution in [-0.4, -0.2) is 13.4 Å². The molecule has 0 fully saturated rings. The van der Waals surface area contributed by atoms with Gasteiger partial charge in [-0.1, -0.05) is 0 Å². The minimum Gasteiger partial charge on any atom is -0.263 e. The lowest BCUT2D eigenvalue weighted by Crippen LogP contribution is -2.15. The summed E-state index contributed by atoms with van der Waals surface area (Å²) in [7, 11) is -3.88. The third kappa shape index (κ3) is 4.32. The highest BCUT2D eigenvalue weighted by molar-refractivity contribution is 9.10. The fraction of sp³-hybridized carbons (Fsp3) is 0.167. The maximum atomic E-state index is 10.4. The van der Waals surface area contributed by atoms with Gasteiger partial charge in [-0.05, 0) is 27.6 Å². The van der Waals surface area contributed by atoms with Crippen LogP contribution >= 0.6 is 15.9 Å². The van der Waals surface area contributed by atoms with Crippen molar-refractivity contribution in [3.05, 3.63) is 28.5 Å². The van der Waals surface area contributed by atoms with Crippen LogP contribution in [0.5, 0.6) is 0 Å². The predicted molar refractivity (Wildman–Crippen MR) is 49.8 cm³/mol. The first kappa shape index (κ1) is 10.6. The second-order valence-corrected chi connectivity index (χ2v) is 4.40. The fourth-order valence-corrected chi connectivity index (χ4v) is 1.40. The average molecular weight is 267 g/mol. The highest BCUT2D eigenvalue weighted by atomic mass is 79.9. The summed E-state index contributed by atoms with van der Waals surface area (Å²) in [4.78, 5) is 3.82. The lowest BCUT2D eigenvalue weighted by atomic mass is 10.3. The molecule has 1 heterocycles. The van der Waals surface area contributed by atoms with Gasteiger partial charge in [-0.25, -0.2) is 5.14 Å². The van der Waals surface area contributed by atoms with Crippen molar-refractivity contribution in [1.29, 1.82) is 0 Å². The minimum absolute atomic E-state index is 0.106. The Morgan fingerprint density at radius 1 is 1.54 bits per heavy atom. The van der Waals surface area contributed by atoms with Crippen LogP contribution in [0.25, 0.3) is 0 Å². The van der Waals surface area contributed by atoms with Crippen LogP contribution < -0.4 is 5.14 Å². The summed E-state index contributed by atoms with van der Waals surface area (Å²) in [5.41, 5.74) is 0.628. The van der Waals surface area contributed by atoms with Gasteiger partial charge in [0.25, 0.3) is 0 Å². The summed E-state index contributed by atoms with van der Waals surface area (Å²) < 4.78 is 25.9. The van der Waals surface area contributed by atoms with E-state index < -0.39 is 10.3 Å². The molecule has 0 aliphatic rings. The highest BCUT2D eigenvalue weighted by Crippen LogP contribution is 2.10. The Bertz CT molecular complexity index is 393. The first-order valence-corrected chi connectivity index (χ1v) is 5.50. The third-order valence-electron chi connectivity index (χ3n) is 1.15. The molecule has 0 saturated heterocycles. The molecule has 1 rings (SSSR count). The molecule has 0 aliphatic heterocycles. The van der Waals surface area contributed by atoms with Gasteiger partial charge >= 0.3 is 10.3 Å². The van der Waals surface area contributed by atoms with Crippen molar-refractivity contribution in [3.63, 3.8) is 0 Å². The molecular weight excluding hydrogens is 260 g/mol. The van der Waals surface area contributed by atoms with E-state index in [0.29, 0.717) is 5.56 Å². The summed E-state index contributed by atoms with van der Waals surface area (Å²) >= 11 is 3.18. The topological polar surface area (TPSA) is 82.3 Å². The molecule has 13 heavy (non-hydrogen) atoms. The second-order valence-electron chi connectivity index (χ2n) is 2.27. The Hall–Kier alpha value is -0.500. The zero-order valence-electron chi connectivity index (χ0n) is 6.47. The van der Waals surface area contributed by atoms with Crippen LogP contribution in [0.4, 0.5) is 0 Å². The van der Waals surface area contributed by atoms with E-state index in [2.05, 4.69) is 30.2 Å². The molecule has 0 saturated carbocycles. The quantitative estimate of drug-likeness (QED) is 0.867. The van der Waals surface area contributed by atoms with Gasteiger partial charge in [0, 0.05) is 16.9 Å². The number of aromatic nitrogens is 1.